The second-order valence-electron chi connectivity index (χ2n) is 4.07. The summed E-state index contributed by atoms with van der Waals surface area (Å²) in [6, 6.07) is 5.79. The highest BCUT2D eigenvalue weighted by atomic mass is 16.5. The first-order chi connectivity index (χ1) is 7.20. The van der Waals surface area contributed by atoms with Crippen LogP contribution in [0.15, 0.2) is 18.2 Å². The van der Waals surface area contributed by atoms with Gasteiger partial charge in [-0.05, 0) is 31.5 Å². The third-order valence-electron chi connectivity index (χ3n) is 3.02. The van der Waals surface area contributed by atoms with Gasteiger partial charge in [-0.2, -0.15) is 0 Å². The Hall–Kier alpha value is -1.22. The van der Waals surface area contributed by atoms with Crippen molar-refractivity contribution >= 4 is 0 Å². The van der Waals surface area contributed by atoms with Gasteiger partial charge in [0, 0.05) is 18.2 Å². The summed E-state index contributed by atoms with van der Waals surface area (Å²) < 4.78 is 5.63. The van der Waals surface area contributed by atoms with Gasteiger partial charge in [0.15, 0.2) is 0 Å². The third-order valence-corrected chi connectivity index (χ3v) is 3.02. The third kappa shape index (κ3) is 2.07. The number of benzene rings is 1. The molecule has 0 radical (unpaired) electrons. The van der Waals surface area contributed by atoms with E-state index in [2.05, 4.69) is 18.7 Å². The van der Waals surface area contributed by atoms with Gasteiger partial charge in [-0.15, -0.1) is 0 Å². The maximum atomic E-state index is 9.40. The van der Waals surface area contributed by atoms with Crippen LogP contribution in [0.25, 0.3) is 0 Å². The van der Waals surface area contributed by atoms with Crippen LogP contribution in [-0.4, -0.2) is 22.8 Å². The Morgan fingerprint density at radius 3 is 3.07 bits per heavy atom. The zero-order chi connectivity index (χ0) is 10.8. The number of aromatic hydroxyl groups is 1. The van der Waals surface area contributed by atoms with E-state index in [1.165, 1.54) is 0 Å². The number of nitrogens with zero attached hydrogens (tertiary/aromatic N) is 1. The van der Waals surface area contributed by atoms with Crippen molar-refractivity contribution in [3.05, 3.63) is 23.8 Å². The SMILES string of the molecule is CCC(C)N1COc2ccc(O)cc2C1. The molecule has 0 aromatic heterocycles. The monoisotopic (exact) mass is 207 g/mol. The fourth-order valence-corrected chi connectivity index (χ4v) is 1.79. The number of hydrogen-bond donors (Lipinski definition) is 1. The first kappa shape index (κ1) is 10.3. The summed E-state index contributed by atoms with van der Waals surface area (Å²) in [7, 11) is 0. The van der Waals surface area contributed by atoms with Crippen molar-refractivity contribution in [2.24, 2.45) is 0 Å². The molecule has 0 amide bonds. The minimum atomic E-state index is 0.309. The molecular formula is C12H17NO2. The summed E-state index contributed by atoms with van der Waals surface area (Å²) in [6.07, 6.45) is 1.11. The van der Waals surface area contributed by atoms with E-state index >= 15 is 0 Å². The molecule has 1 aromatic carbocycles. The van der Waals surface area contributed by atoms with Crippen molar-refractivity contribution in [2.75, 3.05) is 6.73 Å². The predicted molar refractivity (Wildman–Crippen MR) is 58.9 cm³/mol. The van der Waals surface area contributed by atoms with Gasteiger partial charge in [0.25, 0.3) is 0 Å². The highest BCUT2D eigenvalue weighted by Gasteiger charge is 2.20. The van der Waals surface area contributed by atoms with E-state index in [1.807, 2.05) is 6.07 Å². The number of rotatable bonds is 2. The molecule has 0 fully saturated rings. The molecule has 82 valence electrons. The summed E-state index contributed by atoms with van der Waals surface area (Å²) >= 11 is 0. The van der Waals surface area contributed by atoms with Crippen LogP contribution in [0.2, 0.25) is 0 Å². The summed E-state index contributed by atoms with van der Waals surface area (Å²) in [6.45, 7) is 5.87. The van der Waals surface area contributed by atoms with Crippen LogP contribution in [-0.2, 0) is 6.54 Å². The predicted octanol–water partition coefficient (Wildman–Crippen LogP) is 2.34. The molecule has 1 aliphatic heterocycles. The maximum absolute atomic E-state index is 9.40. The Kier molecular flexibility index (Phi) is 2.82. The maximum Gasteiger partial charge on any atom is 0.142 e. The van der Waals surface area contributed by atoms with Gasteiger partial charge in [0.2, 0.25) is 0 Å². The zero-order valence-electron chi connectivity index (χ0n) is 9.23. The Bertz CT molecular complexity index is 351. The standard InChI is InChI=1S/C12H17NO2/c1-3-9(2)13-7-10-6-11(14)4-5-12(10)15-8-13/h4-6,9,14H,3,7-8H2,1-2H3. The summed E-state index contributed by atoms with van der Waals surface area (Å²) in [5.74, 6) is 1.20. The Labute approximate surface area is 90.3 Å². The molecule has 1 atom stereocenters. The first-order valence-corrected chi connectivity index (χ1v) is 5.39. The quantitative estimate of drug-likeness (QED) is 0.808. The molecule has 1 heterocycles. The fraction of sp³-hybridized carbons (Fsp3) is 0.500. The molecule has 2 rings (SSSR count). The lowest BCUT2D eigenvalue weighted by molar-refractivity contribution is 0.0605. The largest absolute Gasteiger partial charge is 0.508 e. The molecule has 1 aliphatic rings. The number of phenolic OH excluding ortho intramolecular Hbond substituents is 1. The van der Waals surface area contributed by atoms with E-state index in [0.717, 1.165) is 24.3 Å². The van der Waals surface area contributed by atoms with E-state index in [9.17, 15) is 5.11 Å². The lowest BCUT2D eigenvalue weighted by Crippen LogP contribution is -2.38. The van der Waals surface area contributed by atoms with Gasteiger partial charge in [-0.3, -0.25) is 4.90 Å². The van der Waals surface area contributed by atoms with Gasteiger partial charge in [-0.1, -0.05) is 6.92 Å². The fourth-order valence-electron chi connectivity index (χ4n) is 1.79. The van der Waals surface area contributed by atoms with E-state index in [-0.39, 0.29) is 0 Å². The van der Waals surface area contributed by atoms with Gasteiger partial charge in [0.05, 0.1) is 0 Å². The molecule has 1 aromatic rings. The van der Waals surface area contributed by atoms with E-state index in [1.54, 1.807) is 12.1 Å². The molecule has 0 aliphatic carbocycles. The number of hydrogen-bond acceptors (Lipinski definition) is 3. The molecule has 0 saturated carbocycles. The molecule has 3 heteroatoms. The lowest BCUT2D eigenvalue weighted by atomic mass is 10.1. The highest BCUT2D eigenvalue weighted by molar-refractivity contribution is 5.40. The van der Waals surface area contributed by atoms with Gasteiger partial charge >= 0.3 is 0 Å². The Balaban J connectivity index is 2.18. The molecule has 1 unspecified atom stereocenters. The number of phenols is 1. The minimum Gasteiger partial charge on any atom is -0.508 e. The Morgan fingerprint density at radius 2 is 2.33 bits per heavy atom. The molecule has 1 N–H and O–H groups in total. The molecule has 0 bridgehead atoms. The van der Waals surface area contributed by atoms with Crippen molar-refractivity contribution in [1.82, 2.24) is 4.90 Å². The first-order valence-electron chi connectivity index (χ1n) is 5.39. The van der Waals surface area contributed by atoms with Crippen molar-refractivity contribution in [3.8, 4) is 11.5 Å². The molecule has 15 heavy (non-hydrogen) atoms. The summed E-state index contributed by atoms with van der Waals surface area (Å²) in [5, 5.41) is 9.40. The minimum absolute atomic E-state index is 0.309. The van der Waals surface area contributed by atoms with Crippen LogP contribution in [0.4, 0.5) is 0 Å². The van der Waals surface area contributed by atoms with Crippen LogP contribution in [0.3, 0.4) is 0 Å². The van der Waals surface area contributed by atoms with Gasteiger partial charge in [0.1, 0.15) is 18.2 Å². The van der Waals surface area contributed by atoms with E-state index < -0.39 is 0 Å². The number of fused-ring (bicyclic) bond motifs is 1. The average Bonchev–Trinajstić information content (AvgIpc) is 2.27. The lowest BCUT2D eigenvalue weighted by Gasteiger charge is -2.33. The molecule has 0 saturated heterocycles. The van der Waals surface area contributed by atoms with Crippen molar-refractivity contribution < 1.29 is 9.84 Å². The van der Waals surface area contributed by atoms with Crippen molar-refractivity contribution in [2.45, 2.75) is 32.9 Å². The van der Waals surface area contributed by atoms with Gasteiger partial charge < -0.3 is 9.84 Å². The average molecular weight is 207 g/mol. The normalized spacial score (nSPS) is 18.0. The molecular weight excluding hydrogens is 190 g/mol. The van der Waals surface area contributed by atoms with Crippen LogP contribution < -0.4 is 4.74 Å². The van der Waals surface area contributed by atoms with E-state index in [4.69, 9.17) is 4.74 Å². The molecule has 3 nitrogen and oxygen atoms in total. The topological polar surface area (TPSA) is 32.7 Å². The summed E-state index contributed by atoms with van der Waals surface area (Å²) in [4.78, 5) is 2.27. The number of ether oxygens (including phenoxy) is 1. The van der Waals surface area contributed by atoms with Crippen LogP contribution in [0, 0.1) is 0 Å². The highest BCUT2D eigenvalue weighted by Crippen LogP contribution is 2.29. The van der Waals surface area contributed by atoms with Crippen LogP contribution >= 0.6 is 0 Å². The second kappa shape index (κ2) is 4.11. The van der Waals surface area contributed by atoms with E-state index in [0.29, 0.717) is 18.5 Å². The Morgan fingerprint density at radius 1 is 1.53 bits per heavy atom. The van der Waals surface area contributed by atoms with Crippen LogP contribution in [0.5, 0.6) is 11.5 Å². The second-order valence-corrected chi connectivity index (χ2v) is 4.07. The zero-order valence-corrected chi connectivity index (χ0v) is 9.23. The summed E-state index contributed by atoms with van der Waals surface area (Å²) in [5.41, 5.74) is 1.07. The van der Waals surface area contributed by atoms with Crippen molar-refractivity contribution in [3.63, 3.8) is 0 Å². The van der Waals surface area contributed by atoms with Gasteiger partial charge in [-0.25, -0.2) is 0 Å². The molecule has 0 spiro atoms. The van der Waals surface area contributed by atoms with Crippen LogP contribution in [0.1, 0.15) is 25.8 Å². The van der Waals surface area contributed by atoms with Crippen molar-refractivity contribution in [1.29, 1.82) is 0 Å². The smallest absolute Gasteiger partial charge is 0.142 e.